The van der Waals surface area contributed by atoms with Crippen LogP contribution in [0.4, 0.5) is 0 Å². The van der Waals surface area contributed by atoms with E-state index in [1.165, 1.54) is 0 Å². The molecule has 0 radical (unpaired) electrons. The molecule has 2 rings (SSSR count). The fraction of sp³-hybridized carbons (Fsp3) is 0.357. The third-order valence-corrected chi connectivity index (χ3v) is 4.80. The van der Waals surface area contributed by atoms with Gasteiger partial charge in [-0.15, -0.1) is 0 Å². The van der Waals surface area contributed by atoms with E-state index in [0.717, 1.165) is 22.3 Å². The monoisotopic (exact) mass is 293 g/mol. The van der Waals surface area contributed by atoms with Gasteiger partial charge in [-0.1, -0.05) is 17.7 Å². The second kappa shape index (κ2) is 5.38. The Kier molecular flexibility index (Phi) is 3.96. The average molecular weight is 293 g/mol. The molecule has 0 bridgehead atoms. The number of hydrogen-bond donors (Lipinski definition) is 1. The summed E-state index contributed by atoms with van der Waals surface area (Å²) in [7, 11) is -1.72. The molecule has 0 amide bonds. The molecule has 1 aromatic carbocycles. The number of rotatable bonds is 4. The Morgan fingerprint density at radius 1 is 1.20 bits per heavy atom. The zero-order valence-corrected chi connectivity index (χ0v) is 13.0. The van der Waals surface area contributed by atoms with Crippen LogP contribution in [-0.2, 0) is 23.6 Å². The first-order chi connectivity index (χ1) is 9.29. The van der Waals surface area contributed by atoms with E-state index in [2.05, 4.69) is 9.82 Å². The molecule has 108 valence electrons. The quantitative estimate of drug-likeness (QED) is 0.935. The highest BCUT2D eigenvalue weighted by Gasteiger charge is 2.19. The van der Waals surface area contributed by atoms with Crippen molar-refractivity contribution in [2.75, 3.05) is 0 Å². The standard InChI is InChI=1S/C14H19N3O2S/c1-10-5-11(2)14(12(3)6-10)20(18,19)16-8-13-7-15-17(4)9-13/h5-7,9,16H,8H2,1-4H3. The second-order valence-corrected chi connectivity index (χ2v) is 6.78. The van der Waals surface area contributed by atoms with Gasteiger partial charge in [-0.05, 0) is 31.9 Å². The fourth-order valence-electron chi connectivity index (χ4n) is 2.40. The third kappa shape index (κ3) is 3.08. The molecule has 0 saturated heterocycles. The van der Waals surface area contributed by atoms with Crippen molar-refractivity contribution >= 4 is 10.0 Å². The topological polar surface area (TPSA) is 64.0 Å². The molecule has 0 atom stereocenters. The van der Waals surface area contributed by atoms with E-state index in [1.807, 2.05) is 32.9 Å². The molecule has 6 heteroatoms. The van der Waals surface area contributed by atoms with Crippen molar-refractivity contribution in [3.05, 3.63) is 46.8 Å². The van der Waals surface area contributed by atoms with Crippen LogP contribution in [0.5, 0.6) is 0 Å². The summed E-state index contributed by atoms with van der Waals surface area (Å²) in [5.41, 5.74) is 3.42. The summed E-state index contributed by atoms with van der Waals surface area (Å²) >= 11 is 0. The van der Waals surface area contributed by atoms with Gasteiger partial charge in [0.1, 0.15) is 0 Å². The molecular weight excluding hydrogens is 274 g/mol. The van der Waals surface area contributed by atoms with Gasteiger partial charge < -0.3 is 0 Å². The molecule has 1 N–H and O–H groups in total. The highest BCUT2D eigenvalue weighted by atomic mass is 32.2. The van der Waals surface area contributed by atoms with Gasteiger partial charge in [0, 0.05) is 25.4 Å². The van der Waals surface area contributed by atoms with Gasteiger partial charge in [0.25, 0.3) is 0 Å². The molecule has 1 aromatic heterocycles. The molecule has 0 spiro atoms. The van der Waals surface area contributed by atoms with Crippen molar-refractivity contribution in [1.82, 2.24) is 14.5 Å². The fourth-order valence-corrected chi connectivity index (χ4v) is 3.87. The SMILES string of the molecule is Cc1cc(C)c(S(=O)(=O)NCc2cnn(C)c2)c(C)c1. The Morgan fingerprint density at radius 3 is 2.30 bits per heavy atom. The van der Waals surface area contributed by atoms with Crippen LogP contribution in [0.1, 0.15) is 22.3 Å². The Bertz CT molecular complexity index is 710. The lowest BCUT2D eigenvalue weighted by atomic mass is 10.1. The van der Waals surface area contributed by atoms with E-state index in [-0.39, 0.29) is 6.54 Å². The van der Waals surface area contributed by atoms with E-state index in [9.17, 15) is 8.42 Å². The van der Waals surface area contributed by atoms with E-state index >= 15 is 0 Å². The van der Waals surface area contributed by atoms with E-state index in [1.54, 1.807) is 24.1 Å². The molecule has 20 heavy (non-hydrogen) atoms. The number of aromatic nitrogens is 2. The maximum atomic E-state index is 12.4. The van der Waals surface area contributed by atoms with Crippen LogP contribution in [0.15, 0.2) is 29.4 Å². The van der Waals surface area contributed by atoms with Gasteiger partial charge in [0.15, 0.2) is 0 Å². The van der Waals surface area contributed by atoms with Gasteiger partial charge in [0.05, 0.1) is 11.1 Å². The molecule has 0 unspecified atom stereocenters. The van der Waals surface area contributed by atoms with Crippen molar-refractivity contribution in [2.45, 2.75) is 32.2 Å². The van der Waals surface area contributed by atoms with E-state index < -0.39 is 10.0 Å². The summed E-state index contributed by atoms with van der Waals surface area (Å²) < 4.78 is 29.1. The maximum Gasteiger partial charge on any atom is 0.241 e. The molecule has 1 heterocycles. The number of nitrogens with one attached hydrogen (secondary N) is 1. The van der Waals surface area contributed by atoms with Crippen LogP contribution < -0.4 is 4.72 Å². The van der Waals surface area contributed by atoms with E-state index in [4.69, 9.17) is 0 Å². The molecule has 5 nitrogen and oxygen atoms in total. The Balaban J connectivity index is 2.27. The maximum absolute atomic E-state index is 12.4. The zero-order chi connectivity index (χ0) is 14.9. The van der Waals surface area contributed by atoms with Gasteiger partial charge in [-0.2, -0.15) is 5.10 Å². The lowest BCUT2D eigenvalue weighted by Gasteiger charge is -2.12. The normalized spacial score (nSPS) is 11.8. The average Bonchev–Trinajstić information content (AvgIpc) is 2.71. The molecule has 2 aromatic rings. The summed E-state index contributed by atoms with van der Waals surface area (Å²) in [6.45, 7) is 5.83. The van der Waals surface area contributed by atoms with Crippen molar-refractivity contribution in [3.63, 3.8) is 0 Å². The first-order valence-electron chi connectivity index (χ1n) is 6.34. The summed E-state index contributed by atoms with van der Waals surface area (Å²) in [5.74, 6) is 0. The molecule has 0 aliphatic rings. The summed E-state index contributed by atoms with van der Waals surface area (Å²) in [6.07, 6.45) is 3.44. The minimum absolute atomic E-state index is 0.239. The predicted octanol–water partition coefficient (Wildman–Crippen LogP) is 1.82. The second-order valence-electron chi connectivity index (χ2n) is 5.07. The van der Waals surface area contributed by atoms with Crippen LogP contribution in [0.2, 0.25) is 0 Å². The summed E-state index contributed by atoms with van der Waals surface area (Å²) in [5, 5.41) is 4.02. The van der Waals surface area contributed by atoms with Crippen molar-refractivity contribution in [3.8, 4) is 0 Å². The van der Waals surface area contributed by atoms with Crippen molar-refractivity contribution in [1.29, 1.82) is 0 Å². The number of hydrogen-bond acceptors (Lipinski definition) is 3. The zero-order valence-electron chi connectivity index (χ0n) is 12.1. The van der Waals surface area contributed by atoms with Crippen LogP contribution in [0.25, 0.3) is 0 Å². The van der Waals surface area contributed by atoms with Crippen LogP contribution in [-0.4, -0.2) is 18.2 Å². The molecular formula is C14H19N3O2S. The summed E-state index contributed by atoms with van der Waals surface area (Å²) in [4.78, 5) is 0.368. The van der Waals surface area contributed by atoms with Crippen molar-refractivity contribution < 1.29 is 8.42 Å². The highest BCUT2D eigenvalue weighted by molar-refractivity contribution is 7.89. The van der Waals surface area contributed by atoms with Gasteiger partial charge in [0.2, 0.25) is 10.0 Å². The van der Waals surface area contributed by atoms with Gasteiger partial charge in [-0.3, -0.25) is 4.68 Å². The number of benzene rings is 1. The Morgan fingerprint density at radius 2 is 1.80 bits per heavy atom. The summed E-state index contributed by atoms with van der Waals surface area (Å²) in [6, 6.07) is 3.76. The van der Waals surface area contributed by atoms with Crippen LogP contribution >= 0.6 is 0 Å². The molecule has 0 fully saturated rings. The van der Waals surface area contributed by atoms with Crippen LogP contribution in [0, 0.1) is 20.8 Å². The van der Waals surface area contributed by atoms with E-state index in [0.29, 0.717) is 4.90 Å². The number of aryl methyl sites for hydroxylation is 4. The lowest BCUT2D eigenvalue weighted by molar-refractivity contribution is 0.580. The molecule has 0 saturated carbocycles. The smallest absolute Gasteiger partial charge is 0.241 e. The number of nitrogens with zero attached hydrogens (tertiary/aromatic N) is 2. The largest absolute Gasteiger partial charge is 0.275 e. The minimum atomic E-state index is -3.51. The Hall–Kier alpha value is -1.66. The number of sulfonamides is 1. The van der Waals surface area contributed by atoms with Crippen LogP contribution in [0.3, 0.4) is 0 Å². The molecule has 0 aliphatic carbocycles. The minimum Gasteiger partial charge on any atom is -0.275 e. The van der Waals surface area contributed by atoms with Gasteiger partial charge in [-0.25, -0.2) is 13.1 Å². The first kappa shape index (κ1) is 14.7. The predicted molar refractivity (Wildman–Crippen MR) is 77.9 cm³/mol. The molecule has 0 aliphatic heterocycles. The lowest BCUT2D eigenvalue weighted by Crippen LogP contribution is -2.24. The Labute approximate surface area is 119 Å². The van der Waals surface area contributed by atoms with Gasteiger partial charge >= 0.3 is 0 Å². The first-order valence-corrected chi connectivity index (χ1v) is 7.83. The van der Waals surface area contributed by atoms with Crippen molar-refractivity contribution in [2.24, 2.45) is 7.05 Å². The third-order valence-electron chi connectivity index (χ3n) is 3.10. The highest BCUT2D eigenvalue weighted by Crippen LogP contribution is 2.21.